The second-order valence-corrected chi connectivity index (χ2v) is 7.89. The van der Waals surface area contributed by atoms with Crippen LogP contribution >= 0.6 is 0 Å². The van der Waals surface area contributed by atoms with Gasteiger partial charge in [-0.2, -0.15) is 5.26 Å². The van der Waals surface area contributed by atoms with Gasteiger partial charge in [-0.15, -0.1) is 0 Å². The summed E-state index contributed by atoms with van der Waals surface area (Å²) in [4.78, 5) is 17.1. The summed E-state index contributed by atoms with van der Waals surface area (Å²) in [5.41, 5.74) is 4.26. The van der Waals surface area contributed by atoms with E-state index in [0.29, 0.717) is 13.1 Å². The molecule has 0 radical (unpaired) electrons. The number of methoxy groups -OCH3 is 1. The van der Waals surface area contributed by atoms with Gasteiger partial charge < -0.3 is 14.5 Å². The fourth-order valence-corrected chi connectivity index (χ4v) is 3.77. The van der Waals surface area contributed by atoms with Gasteiger partial charge in [0.1, 0.15) is 17.4 Å². The lowest BCUT2D eigenvalue weighted by Gasteiger charge is -2.36. The molecule has 2 aromatic rings. The zero-order valence-corrected chi connectivity index (χ0v) is 18.2. The van der Waals surface area contributed by atoms with Crippen molar-refractivity contribution in [3.05, 3.63) is 64.7 Å². The monoisotopic (exact) mass is 403 g/mol. The van der Waals surface area contributed by atoms with Crippen LogP contribution in [0.2, 0.25) is 0 Å². The average Bonchev–Trinajstić information content (AvgIpc) is 2.78. The first kappa shape index (κ1) is 21.4. The van der Waals surface area contributed by atoms with Gasteiger partial charge in [-0.3, -0.25) is 4.79 Å². The molecule has 156 valence electrons. The molecule has 1 aliphatic rings. The van der Waals surface area contributed by atoms with Crippen LogP contribution in [0.4, 0.5) is 5.69 Å². The van der Waals surface area contributed by atoms with E-state index in [9.17, 15) is 10.1 Å². The van der Waals surface area contributed by atoms with Crippen LogP contribution in [-0.4, -0.2) is 44.1 Å². The van der Waals surface area contributed by atoms with E-state index in [0.717, 1.165) is 41.2 Å². The first-order chi connectivity index (χ1) is 14.4. The summed E-state index contributed by atoms with van der Waals surface area (Å²) in [7, 11) is 1.66. The van der Waals surface area contributed by atoms with E-state index in [2.05, 4.69) is 36.9 Å². The number of nitriles is 1. The second-order valence-electron chi connectivity index (χ2n) is 7.89. The predicted molar refractivity (Wildman–Crippen MR) is 121 cm³/mol. The van der Waals surface area contributed by atoms with Crippen molar-refractivity contribution in [2.24, 2.45) is 0 Å². The normalized spacial score (nSPS) is 14.6. The van der Waals surface area contributed by atoms with Crippen LogP contribution in [-0.2, 0) is 4.79 Å². The highest BCUT2D eigenvalue weighted by atomic mass is 16.5. The van der Waals surface area contributed by atoms with Crippen molar-refractivity contribution >= 4 is 17.7 Å². The van der Waals surface area contributed by atoms with Crippen LogP contribution in [0, 0.1) is 18.3 Å². The van der Waals surface area contributed by atoms with Gasteiger partial charge in [-0.05, 0) is 59.9 Å². The Hall–Kier alpha value is -3.26. The van der Waals surface area contributed by atoms with Gasteiger partial charge in [-0.1, -0.05) is 32.0 Å². The summed E-state index contributed by atoms with van der Waals surface area (Å²) in [6, 6.07) is 16.3. The van der Waals surface area contributed by atoms with Crippen LogP contribution in [0.25, 0.3) is 6.08 Å². The number of benzene rings is 2. The van der Waals surface area contributed by atoms with Crippen LogP contribution in [0.1, 0.15) is 36.5 Å². The highest BCUT2D eigenvalue weighted by molar-refractivity contribution is 6.02. The number of aryl methyl sites for hydroxylation is 1. The molecule has 0 aromatic heterocycles. The smallest absolute Gasteiger partial charge is 0.264 e. The lowest BCUT2D eigenvalue weighted by atomic mass is 9.95. The van der Waals surface area contributed by atoms with Gasteiger partial charge in [0, 0.05) is 31.9 Å². The van der Waals surface area contributed by atoms with Crippen molar-refractivity contribution in [1.29, 1.82) is 5.26 Å². The third kappa shape index (κ3) is 4.65. The number of rotatable bonds is 5. The van der Waals surface area contributed by atoms with E-state index in [1.165, 1.54) is 0 Å². The highest BCUT2D eigenvalue weighted by Crippen LogP contribution is 2.30. The van der Waals surface area contributed by atoms with Crippen molar-refractivity contribution in [2.75, 3.05) is 38.2 Å². The quantitative estimate of drug-likeness (QED) is 0.549. The number of carbonyl (C=O) groups is 1. The molecule has 1 aliphatic heterocycles. The maximum atomic E-state index is 13.0. The molecule has 0 saturated carbocycles. The SMILES string of the molecule is COc1cc(C)c(/C=C(/C#N)C(=O)N2CCN(c3ccccc3)CC2)cc1C(C)C. The summed E-state index contributed by atoms with van der Waals surface area (Å²) < 4.78 is 5.50. The molecular formula is C25H29N3O2. The van der Waals surface area contributed by atoms with E-state index in [1.54, 1.807) is 18.1 Å². The molecule has 0 unspecified atom stereocenters. The Bertz CT molecular complexity index is 966. The first-order valence-electron chi connectivity index (χ1n) is 10.3. The van der Waals surface area contributed by atoms with Crippen molar-refractivity contribution in [2.45, 2.75) is 26.7 Å². The molecule has 3 rings (SSSR count). The number of nitrogens with zero attached hydrogens (tertiary/aromatic N) is 3. The summed E-state index contributed by atoms with van der Waals surface area (Å²) >= 11 is 0. The van der Waals surface area contributed by atoms with E-state index >= 15 is 0 Å². The Balaban J connectivity index is 1.78. The van der Waals surface area contributed by atoms with Gasteiger partial charge in [0.15, 0.2) is 0 Å². The highest BCUT2D eigenvalue weighted by Gasteiger charge is 2.24. The van der Waals surface area contributed by atoms with Crippen LogP contribution in [0.5, 0.6) is 5.75 Å². The van der Waals surface area contributed by atoms with Gasteiger partial charge in [0.25, 0.3) is 5.91 Å². The van der Waals surface area contributed by atoms with Gasteiger partial charge >= 0.3 is 0 Å². The fraction of sp³-hybridized carbons (Fsp3) is 0.360. The number of hydrogen-bond acceptors (Lipinski definition) is 4. The Labute approximate surface area is 179 Å². The van der Waals surface area contributed by atoms with Crippen molar-refractivity contribution in [3.63, 3.8) is 0 Å². The van der Waals surface area contributed by atoms with E-state index in [4.69, 9.17) is 4.74 Å². The molecule has 0 atom stereocenters. The number of para-hydroxylation sites is 1. The molecule has 30 heavy (non-hydrogen) atoms. The lowest BCUT2D eigenvalue weighted by Crippen LogP contribution is -2.49. The van der Waals surface area contributed by atoms with E-state index in [-0.39, 0.29) is 17.4 Å². The van der Waals surface area contributed by atoms with E-state index in [1.807, 2.05) is 37.3 Å². The number of hydrogen-bond donors (Lipinski definition) is 0. The number of ether oxygens (including phenoxy) is 1. The maximum absolute atomic E-state index is 13.0. The molecule has 1 saturated heterocycles. The Morgan fingerprint density at radius 1 is 1.13 bits per heavy atom. The molecule has 2 aromatic carbocycles. The van der Waals surface area contributed by atoms with Crippen LogP contribution in [0.3, 0.4) is 0 Å². The van der Waals surface area contributed by atoms with Gasteiger partial charge in [-0.25, -0.2) is 0 Å². The molecule has 0 spiro atoms. The Morgan fingerprint density at radius 2 is 1.80 bits per heavy atom. The van der Waals surface area contributed by atoms with Gasteiger partial charge in [0.2, 0.25) is 0 Å². The number of anilines is 1. The van der Waals surface area contributed by atoms with Crippen molar-refractivity contribution in [3.8, 4) is 11.8 Å². The number of piperazine rings is 1. The summed E-state index contributed by atoms with van der Waals surface area (Å²) in [6.45, 7) is 8.89. The molecule has 5 heteroatoms. The molecule has 1 heterocycles. The fourth-order valence-electron chi connectivity index (χ4n) is 3.77. The molecule has 1 amide bonds. The second kappa shape index (κ2) is 9.49. The summed E-state index contributed by atoms with van der Waals surface area (Å²) in [5, 5.41) is 9.69. The predicted octanol–water partition coefficient (Wildman–Crippen LogP) is 4.38. The maximum Gasteiger partial charge on any atom is 0.264 e. The molecular weight excluding hydrogens is 374 g/mol. The minimum atomic E-state index is -0.202. The third-order valence-electron chi connectivity index (χ3n) is 5.58. The van der Waals surface area contributed by atoms with Crippen molar-refractivity contribution < 1.29 is 9.53 Å². The number of amides is 1. The zero-order chi connectivity index (χ0) is 21.7. The average molecular weight is 404 g/mol. The zero-order valence-electron chi connectivity index (χ0n) is 18.2. The lowest BCUT2D eigenvalue weighted by molar-refractivity contribution is -0.126. The summed E-state index contributed by atoms with van der Waals surface area (Å²) in [6.07, 6.45) is 1.71. The molecule has 0 aliphatic carbocycles. The Kier molecular flexibility index (Phi) is 6.79. The molecule has 0 bridgehead atoms. The van der Waals surface area contributed by atoms with Crippen molar-refractivity contribution in [1.82, 2.24) is 4.90 Å². The molecule has 5 nitrogen and oxygen atoms in total. The van der Waals surface area contributed by atoms with Gasteiger partial charge in [0.05, 0.1) is 7.11 Å². The molecule has 1 fully saturated rings. The number of carbonyl (C=O) groups excluding carboxylic acids is 1. The third-order valence-corrected chi connectivity index (χ3v) is 5.58. The Morgan fingerprint density at radius 3 is 2.37 bits per heavy atom. The molecule has 0 N–H and O–H groups in total. The minimum absolute atomic E-state index is 0.172. The van der Waals surface area contributed by atoms with Crippen LogP contribution < -0.4 is 9.64 Å². The topological polar surface area (TPSA) is 56.6 Å². The summed E-state index contributed by atoms with van der Waals surface area (Å²) in [5.74, 6) is 0.910. The largest absolute Gasteiger partial charge is 0.496 e. The minimum Gasteiger partial charge on any atom is -0.496 e. The first-order valence-corrected chi connectivity index (χ1v) is 10.3. The van der Waals surface area contributed by atoms with Crippen LogP contribution in [0.15, 0.2) is 48.0 Å². The standard InChI is InChI=1S/C25H29N3O2/c1-18(2)23-16-20(19(3)14-24(23)30-4)15-21(17-26)25(29)28-12-10-27(11-13-28)22-8-6-5-7-9-22/h5-9,14-16,18H,10-13H2,1-4H3/b21-15-. The van der Waals surface area contributed by atoms with E-state index < -0.39 is 0 Å².